The van der Waals surface area contributed by atoms with Crippen LogP contribution >= 0.6 is 0 Å². The van der Waals surface area contributed by atoms with Crippen LogP contribution in [0.1, 0.15) is 64.7 Å². The highest BCUT2D eigenvalue weighted by Gasteiger charge is 2.74. The van der Waals surface area contributed by atoms with Crippen LogP contribution in [0.5, 0.6) is 0 Å². The van der Waals surface area contributed by atoms with E-state index in [2.05, 4.69) is 20.1 Å². The molecule has 0 saturated carbocycles. The summed E-state index contributed by atoms with van der Waals surface area (Å²) in [6, 6.07) is -0.748. The van der Waals surface area contributed by atoms with Gasteiger partial charge in [-0.05, 0) is 32.1 Å². The maximum absolute atomic E-state index is 14.0. The number of hydrogen-bond donors (Lipinski definition) is 1. The number of rotatable bonds is 16. The third-order valence-corrected chi connectivity index (χ3v) is 7.65. The minimum Gasteiger partial charge on any atom is -0.461 e. The Kier molecular flexibility index (Phi) is 9.92. The number of fused-ring (bicyclic) bond motifs is 1. The highest BCUT2D eigenvalue weighted by Crippen LogP contribution is 2.58. The lowest BCUT2D eigenvalue weighted by Crippen LogP contribution is -2.56. The third kappa shape index (κ3) is 5.48. The van der Waals surface area contributed by atoms with Gasteiger partial charge < -0.3 is 24.4 Å². The molecular weight excluding hydrogens is 448 g/mol. The SMILES string of the molecule is C=CCOC(=O)[C@@H]1[C@@H]2CCC3(O2)C(C(=O)N(CC=C)CCCCC)N(CCCCCCO)C(=O)[C@H]13. The van der Waals surface area contributed by atoms with E-state index in [9.17, 15) is 14.4 Å². The summed E-state index contributed by atoms with van der Waals surface area (Å²) in [6.07, 6.45) is 10.1. The van der Waals surface area contributed by atoms with Crippen molar-refractivity contribution in [1.82, 2.24) is 9.80 Å². The Labute approximate surface area is 209 Å². The number of amides is 2. The van der Waals surface area contributed by atoms with Crippen LogP contribution in [0.2, 0.25) is 0 Å². The third-order valence-electron chi connectivity index (χ3n) is 7.65. The number of hydrogen-bond acceptors (Lipinski definition) is 6. The predicted octanol–water partition coefficient (Wildman–Crippen LogP) is 2.85. The van der Waals surface area contributed by atoms with Crippen molar-refractivity contribution in [1.29, 1.82) is 0 Å². The molecule has 3 fully saturated rings. The number of aliphatic hydroxyl groups excluding tert-OH is 1. The Morgan fingerprint density at radius 3 is 2.66 bits per heavy atom. The molecule has 3 saturated heterocycles. The first kappa shape index (κ1) is 27.4. The summed E-state index contributed by atoms with van der Waals surface area (Å²) in [4.78, 5) is 44.3. The zero-order chi connectivity index (χ0) is 25.4. The van der Waals surface area contributed by atoms with E-state index in [0.29, 0.717) is 32.5 Å². The monoisotopic (exact) mass is 490 g/mol. The Hall–Kier alpha value is -2.19. The molecule has 3 rings (SSSR count). The molecular formula is C27H42N2O6. The van der Waals surface area contributed by atoms with Gasteiger partial charge in [-0.15, -0.1) is 6.58 Å². The van der Waals surface area contributed by atoms with E-state index >= 15 is 0 Å². The fraction of sp³-hybridized carbons (Fsp3) is 0.741. The lowest BCUT2D eigenvalue weighted by molar-refractivity contribution is -0.154. The molecule has 1 N–H and O–H groups in total. The van der Waals surface area contributed by atoms with Gasteiger partial charge >= 0.3 is 5.97 Å². The van der Waals surface area contributed by atoms with Crippen molar-refractivity contribution in [3.05, 3.63) is 25.3 Å². The number of carbonyl (C=O) groups is 3. The van der Waals surface area contributed by atoms with Gasteiger partial charge in [-0.25, -0.2) is 0 Å². The van der Waals surface area contributed by atoms with E-state index in [1.807, 2.05) is 0 Å². The average molecular weight is 491 g/mol. The van der Waals surface area contributed by atoms with Crippen molar-refractivity contribution in [3.8, 4) is 0 Å². The summed E-state index contributed by atoms with van der Waals surface area (Å²) in [7, 11) is 0. The molecule has 3 aliphatic heterocycles. The number of likely N-dealkylation sites (tertiary alicyclic amines) is 1. The maximum atomic E-state index is 14.0. The van der Waals surface area contributed by atoms with Gasteiger partial charge in [-0.3, -0.25) is 14.4 Å². The zero-order valence-corrected chi connectivity index (χ0v) is 21.2. The number of unbranched alkanes of at least 4 members (excludes halogenated alkanes) is 5. The van der Waals surface area contributed by atoms with Crippen molar-refractivity contribution in [2.75, 3.05) is 32.8 Å². The number of aliphatic hydroxyl groups is 1. The molecule has 35 heavy (non-hydrogen) atoms. The van der Waals surface area contributed by atoms with E-state index in [0.717, 1.165) is 44.9 Å². The van der Waals surface area contributed by atoms with Crippen LogP contribution < -0.4 is 0 Å². The second kappa shape index (κ2) is 12.7. The average Bonchev–Trinajstić information content (AvgIpc) is 3.49. The minimum absolute atomic E-state index is 0.0808. The summed E-state index contributed by atoms with van der Waals surface area (Å²) in [5, 5.41) is 9.07. The van der Waals surface area contributed by atoms with E-state index in [-0.39, 0.29) is 25.0 Å². The predicted molar refractivity (Wildman–Crippen MR) is 132 cm³/mol. The lowest BCUT2D eigenvalue weighted by atomic mass is 9.70. The van der Waals surface area contributed by atoms with Crippen LogP contribution in [0.3, 0.4) is 0 Å². The highest BCUT2D eigenvalue weighted by atomic mass is 16.6. The van der Waals surface area contributed by atoms with Crippen molar-refractivity contribution >= 4 is 17.8 Å². The number of carbonyl (C=O) groups excluding carboxylic acids is 3. The first-order valence-electron chi connectivity index (χ1n) is 13.2. The van der Waals surface area contributed by atoms with Crippen molar-refractivity contribution in [2.45, 2.75) is 82.5 Å². The quantitative estimate of drug-likeness (QED) is 0.203. The van der Waals surface area contributed by atoms with Crippen LogP contribution in [0, 0.1) is 11.8 Å². The van der Waals surface area contributed by atoms with Gasteiger partial charge in [0.15, 0.2) is 0 Å². The van der Waals surface area contributed by atoms with Crippen LogP contribution in [0.25, 0.3) is 0 Å². The fourth-order valence-electron chi connectivity index (χ4n) is 6.10. The van der Waals surface area contributed by atoms with Crippen LogP contribution in [-0.2, 0) is 23.9 Å². The molecule has 196 valence electrons. The van der Waals surface area contributed by atoms with Crippen LogP contribution in [0.15, 0.2) is 25.3 Å². The molecule has 0 aromatic rings. The largest absolute Gasteiger partial charge is 0.461 e. The molecule has 3 heterocycles. The zero-order valence-electron chi connectivity index (χ0n) is 21.2. The molecule has 0 aromatic carbocycles. The first-order valence-corrected chi connectivity index (χ1v) is 13.2. The van der Waals surface area contributed by atoms with Gasteiger partial charge in [-0.2, -0.15) is 0 Å². The van der Waals surface area contributed by atoms with E-state index < -0.39 is 35.6 Å². The molecule has 5 atom stereocenters. The fourth-order valence-corrected chi connectivity index (χ4v) is 6.10. The number of nitrogens with zero attached hydrogens (tertiary/aromatic N) is 2. The highest BCUT2D eigenvalue weighted by molar-refractivity contribution is 5.98. The first-order chi connectivity index (χ1) is 17.0. The van der Waals surface area contributed by atoms with Crippen molar-refractivity contribution in [2.24, 2.45) is 11.8 Å². The molecule has 1 spiro atoms. The molecule has 2 unspecified atom stereocenters. The Bertz CT molecular complexity index is 786. The normalized spacial score (nSPS) is 28.7. The summed E-state index contributed by atoms with van der Waals surface area (Å²) >= 11 is 0. The summed E-state index contributed by atoms with van der Waals surface area (Å²) in [6.45, 7) is 11.2. The standard InChI is InChI=1S/C27H42N2O6/c1-4-7-10-16-28(15-5-2)25(32)23-27-14-13-20(35-27)21(26(33)34-19-6-3)22(27)24(31)29(23)17-11-8-9-12-18-30/h5-6,20-23,30H,2-4,7-19H2,1H3/t20-,21+,22-,23?,27?/m0/s1. The summed E-state index contributed by atoms with van der Waals surface area (Å²) in [5.74, 6) is -2.14. The van der Waals surface area contributed by atoms with E-state index in [1.54, 1.807) is 15.9 Å². The molecule has 0 aromatic heterocycles. The maximum Gasteiger partial charge on any atom is 0.312 e. The van der Waals surface area contributed by atoms with E-state index in [1.165, 1.54) is 6.08 Å². The second-order valence-electron chi connectivity index (χ2n) is 9.92. The molecule has 8 nitrogen and oxygen atoms in total. The van der Waals surface area contributed by atoms with Crippen LogP contribution in [-0.4, -0.2) is 83.3 Å². The summed E-state index contributed by atoms with van der Waals surface area (Å²) < 4.78 is 11.8. The second-order valence-corrected chi connectivity index (χ2v) is 9.92. The summed E-state index contributed by atoms with van der Waals surface area (Å²) in [5.41, 5.74) is -0.994. The van der Waals surface area contributed by atoms with Crippen LogP contribution in [0.4, 0.5) is 0 Å². The van der Waals surface area contributed by atoms with Gasteiger partial charge in [0.05, 0.1) is 17.9 Å². The lowest BCUT2D eigenvalue weighted by Gasteiger charge is -2.36. The van der Waals surface area contributed by atoms with Crippen molar-refractivity contribution < 1.29 is 29.0 Å². The topological polar surface area (TPSA) is 96.4 Å². The van der Waals surface area contributed by atoms with E-state index in [4.69, 9.17) is 14.6 Å². The molecule has 2 amide bonds. The van der Waals surface area contributed by atoms with Gasteiger partial charge in [0, 0.05) is 26.2 Å². The molecule has 0 aliphatic carbocycles. The number of esters is 1. The molecule has 2 bridgehead atoms. The van der Waals surface area contributed by atoms with Gasteiger partial charge in [0.25, 0.3) is 0 Å². The smallest absolute Gasteiger partial charge is 0.312 e. The van der Waals surface area contributed by atoms with Crippen molar-refractivity contribution in [3.63, 3.8) is 0 Å². The van der Waals surface area contributed by atoms with Gasteiger partial charge in [0.1, 0.15) is 18.2 Å². The Morgan fingerprint density at radius 2 is 1.97 bits per heavy atom. The molecule has 0 radical (unpaired) electrons. The minimum atomic E-state index is -0.994. The number of ether oxygens (including phenoxy) is 2. The van der Waals surface area contributed by atoms with Gasteiger partial charge in [0.2, 0.25) is 11.8 Å². The van der Waals surface area contributed by atoms with Gasteiger partial charge in [-0.1, -0.05) is 51.3 Å². The Morgan fingerprint density at radius 1 is 1.20 bits per heavy atom. The molecule has 3 aliphatic rings. The molecule has 8 heteroatoms. The Balaban J connectivity index is 1.89.